The number of benzene rings is 1. The Bertz CT molecular complexity index is 566. The first-order valence-corrected chi connectivity index (χ1v) is 6.68. The molecule has 1 amide bonds. The monoisotopic (exact) mass is 300 g/mol. The van der Waals surface area contributed by atoms with Crippen LogP contribution in [0.15, 0.2) is 6.07 Å². The van der Waals surface area contributed by atoms with Gasteiger partial charge in [0.2, 0.25) is 5.91 Å². The van der Waals surface area contributed by atoms with E-state index in [4.69, 9.17) is 23.1 Å². The highest BCUT2D eigenvalue weighted by Crippen LogP contribution is 2.41. The molecule has 1 aliphatic rings. The van der Waals surface area contributed by atoms with Gasteiger partial charge in [0.1, 0.15) is 5.02 Å². The second-order valence-electron chi connectivity index (χ2n) is 5.34. The van der Waals surface area contributed by atoms with E-state index >= 15 is 0 Å². The molecule has 5 N–H and O–H groups in total. The Labute approximate surface area is 122 Å². The maximum atomic E-state index is 14.3. The largest absolute Gasteiger partial charge is 0.397 e. The number of nitrogens with one attached hydrogen (secondary N) is 1. The Kier molecular flexibility index (Phi) is 3.69. The van der Waals surface area contributed by atoms with Gasteiger partial charge in [0.05, 0.1) is 22.5 Å². The number of amides is 1. The molecule has 0 spiro atoms. The average Bonchev–Trinajstić information content (AvgIpc) is 2.79. The quantitative estimate of drug-likeness (QED) is 0.724. The van der Waals surface area contributed by atoms with E-state index < -0.39 is 11.2 Å². The van der Waals surface area contributed by atoms with Crippen LogP contribution in [0.4, 0.5) is 21.5 Å². The Balaban J connectivity index is 2.36. The summed E-state index contributed by atoms with van der Waals surface area (Å²) in [6.07, 6.45) is 0.619. The maximum Gasteiger partial charge on any atom is 0.227 e. The Morgan fingerprint density at radius 1 is 1.50 bits per heavy atom. The lowest BCUT2D eigenvalue weighted by Gasteiger charge is -2.25. The first kappa shape index (κ1) is 14.7. The Morgan fingerprint density at radius 2 is 2.15 bits per heavy atom. The average molecular weight is 301 g/mol. The fourth-order valence-electron chi connectivity index (χ4n) is 2.62. The summed E-state index contributed by atoms with van der Waals surface area (Å²) in [4.78, 5) is 13.6. The maximum absolute atomic E-state index is 14.3. The molecular weight excluding hydrogens is 283 g/mol. The van der Waals surface area contributed by atoms with Crippen molar-refractivity contribution in [2.45, 2.75) is 13.3 Å². The number of nitrogens with two attached hydrogens (primary N) is 2. The lowest BCUT2D eigenvalue weighted by atomic mass is 9.89. The van der Waals surface area contributed by atoms with E-state index in [1.54, 1.807) is 11.9 Å². The standard InChI is InChI=1S/C13H18ClFN4O/c1-13(12(20)18-2)3-4-19(6-13)11-8(17)5-7(16)9(14)10(11)15/h5H,3-4,6,16-17H2,1-2H3,(H,18,20). The zero-order chi connectivity index (χ0) is 15.1. The molecule has 5 nitrogen and oxygen atoms in total. The third-order valence-corrected chi connectivity index (χ3v) is 4.19. The summed E-state index contributed by atoms with van der Waals surface area (Å²) in [7, 11) is 1.59. The van der Waals surface area contributed by atoms with E-state index in [0.717, 1.165) is 0 Å². The molecule has 1 aromatic rings. The number of rotatable bonds is 2. The van der Waals surface area contributed by atoms with Crippen LogP contribution in [-0.2, 0) is 4.79 Å². The van der Waals surface area contributed by atoms with Gasteiger partial charge >= 0.3 is 0 Å². The van der Waals surface area contributed by atoms with Crippen LogP contribution < -0.4 is 21.7 Å². The third-order valence-electron chi connectivity index (χ3n) is 3.80. The van der Waals surface area contributed by atoms with Gasteiger partial charge in [-0.15, -0.1) is 0 Å². The zero-order valence-electron chi connectivity index (χ0n) is 11.5. The van der Waals surface area contributed by atoms with Crippen LogP contribution in [-0.4, -0.2) is 26.0 Å². The van der Waals surface area contributed by atoms with Gasteiger partial charge < -0.3 is 21.7 Å². The second kappa shape index (κ2) is 5.01. The van der Waals surface area contributed by atoms with Gasteiger partial charge in [-0.25, -0.2) is 4.39 Å². The molecule has 1 atom stereocenters. The topological polar surface area (TPSA) is 84.4 Å². The van der Waals surface area contributed by atoms with Crippen molar-refractivity contribution in [2.24, 2.45) is 5.41 Å². The number of nitrogen functional groups attached to an aromatic ring is 2. The highest BCUT2D eigenvalue weighted by molar-refractivity contribution is 6.33. The van der Waals surface area contributed by atoms with Crippen molar-refractivity contribution in [3.05, 3.63) is 16.9 Å². The SMILES string of the molecule is CNC(=O)C1(C)CCN(c2c(N)cc(N)c(Cl)c2F)C1. The molecule has 2 rings (SSSR count). The molecule has 0 aromatic heterocycles. The van der Waals surface area contributed by atoms with Crippen molar-refractivity contribution in [3.8, 4) is 0 Å². The lowest BCUT2D eigenvalue weighted by Crippen LogP contribution is -2.39. The molecule has 1 unspecified atom stereocenters. The van der Waals surface area contributed by atoms with E-state index in [2.05, 4.69) is 5.32 Å². The summed E-state index contributed by atoms with van der Waals surface area (Å²) in [5.41, 5.74) is 11.4. The van der Waals surface area contributed by atoms with Gasteiger partial charge in [-0.1, -0.05) is 11.6 Å². The molecule has 20 heavy (non-hydrogen) atoms. The molecular formula is C13H18ClFN4O. The van der Waals surface area contributed by atoms with Crippen LogP contribution in [0.5, 0.6) is 0 Å². The number of hydrogen-bond acceptors (Lipinski definition) is 4. The smallest absolute Gasteiger partial charge is 0.227 e. The van der Waals surface area contributed by atoms with Gasteiger partial charge in [-0.05, 0) is 19.4 Å². The number of carbonyl (C=O) groups excluding carboxylic acids is 1. The van der Waals surface area contributed by atoms with Crippen LogP contribution >= 0.6 is 11.6 Å². The minimum atomic E-state index is -0.634. The highest BCUT2D eigenvalue weighted by atomic mass is 35.5. The molecule has 110 valence electrons. The summed E-state index contributed by atoms with van der Waals surface area (Å²) in [5.74, 6) is -0.703. The summed E-state index contributed by atoms with van der Waals surface area (Å²) >= 11 is 5.83. The highest BCUT2D eigenvalue weighted by Gasteiger charge is 2.41. The molecule has 0 radical (unpaired) electrons. The van der Waals surface area contributed by atoms with Gasteiger partial charge in [-0.3, -0.25) is 4.79 Å². The van der Waals surface area contributed by atoms with Crippen molar-refractivity contribution in [1.29, 1.82) is 0 Å². The van der Waals surface area contributed by atoms with E-state index in [0.29, 0.717) is 19.5 Å². The predicted molar refractivity (Wildman–Crippen MR) is 79.2 cm³/mol. The second-order valence-corrected chi connectivity index (χ2v) is 5.72. The van der Waals surface area contributed by atoms with Gasteiger partial charge in [0.15, 0.2) is 5.82 Å². The van der Waals surface area contributed by atoms with Crippen LogP contribution in [0.3, 0.4) is 0 Å². The first-order valence-electron chi connectivity index (χ1n) is 6.30. The summed E-state index contributed by atoms with van der Waals surface area (Å²) in [5, 5.41) is 2.50. The van der Waals surface area contributed by atoms with Crippen LogP contribution in [0.2, 0.25) is 5.02 Å². The number of anilines is 3. The molecule has 1 fully saturated rings. The minimum Gasteiger partial charge on any atom is -0.397 e. The first-order chi connectivity index (χ1) is 9.30. The minimum absolute atomic E-state index is 0.0690. The summed E-state index contributed by atoms with van der Waals surface area (Å²) < 4.78 is 14.3. The van der Waals surface area contributed by atoms with E-state index in [1.165, 1.54) is 6.07 Å². The number of nitrogens with zero attached hydrogens (tertiary/aromatic N) is 1. The molecule has 1 saturated heterocycles. The molecule has 7 heteroatoms. The van der Waals surface area contributed by atoms with Crippen molar-refractivity contribution in [3.63, 3.8) is 0 Å². The van der Waals surface area contributed by atoms with Crippen molar-refractivity contribution < 1.29 is 9.18 Å². The normalized spacial score (nSPS) is 22.1. The van der Waals surface area contributed by atoms with Crippen LogP contribution in [0.25, 0.3) is 0 Å². The van der Waals surface area contributed by atoms with Crippen molar-refractivity contribution in [1.82, 2.24) is 5.32 Å². The molecule has 1 heterocycles. The van der Waals surface area contributed by atoms with Crippen LogP contribution in [0.1, 0.15) is 13.3 Å². The molecule has 0 aliphatic carbocycles. The zero-order valence-corrected chi connectivity index (χ0v) is 12.2. The number of halogens is 2. The van der Waals surface area contributed by atoms with E-state index in [1.807, 2.05) is 6.92 Å². The van der Waals surface area contributed by atoms with Crippen molar-refractivity contribution in [2.75, 3.05) is 36.5 Å². The Morgan fingerprint density at radius 3 is 2.75 bits per heavy atom. The summed E-state index contributed by atoms with van der Waals surface area (Å²) in [6, 6.07) is 1.44. The molecule has 0 saturated carbocycles. The lowest BCUT2D eigenvalue weighted by molar-refractivity contribution is -0.128. The van der Waals surface area contributed by atoms with Crippen LogP contribution in [0, 0.1) is 11.2 Å². The fraction of sp³-hybridized carbons (Fsp3) is 0.462. The van der Waals surface area contributed by atoms with Crippen molar-refractivity contribution >= 4 is 34.6 Å². The van der Waals surface area contributed by atoms with Gasteiger partial charge in [0.25, 0.3) is 0 Å². The number of hydrogen-bond donors (Lipinski definition) is 3. The summed E-state index contributed by atoms with van der Waals surface area (Å²) in [6.45, 7) is 2.76. The molecule has 0 bridgehead atoms. The Hall–Kier alpha value is -1.69. The van der Waals surface area contributed by atoms with Gasteiger partial charge in [-0.2, -0.15) is 0 Å². The third kappa shape index (κ3) is 2.24. The predicted octanol–water partition coefficient (Wildman–Crippen LogP) is 1.61. The van der Waals surface area contributed by atoms with E-state index in [-0.39, 0.29) is 28.0 Å². The molecule has 1 aliphatic heterocycles. The molecule has 1 aromatic carbocycles. The van der Waals surface area contributed by atoms with E-state index in [9.17, 15) is 9.18 Å². The fourth-order valence-corrected chi connectivity index (χ4v) is 2.76. The number of carbonyl (C=O) groups is 1. The van der Waals surface area contributed by atoms with Gasteiger partial charge in [0, 0.05) is 20.1 Å².